The van der Waals surface area contributed by atoms with Gasteiger partial charge in [0.2, 0.25) is 0 Å². The fourth-order valence-corrected chi connectivity index (χ4v) is 8.82. The zero-order valence-electron chi connectivity index (χ0n) is 45.6. The van der Waals surface area contributed by atoms with Gasteiger partial charge in [0.15, 0.2) is 6.10 Å². The Kier molecular flexibility index (Phi) is 55.2. The van der Waals surface area contributed by atoms with Gasteiger partial charge in [0, 0.05) is 19.3 Å². The first-order chi connectivity index (χ1) is 33.5. The first-order valence-corrected chi connectivity index (χ1v) is 30.0. The number of carbonyl (C=O) groups is 3. The Morgan fingerprint density at radius 2 is 0.529 bits per heavy atom. The maximum Gasteiger partial charge on any atom is 0.306 e. The van der Waals surface area contributed by atoms with Crippen molar-refractivity contribution in [1.82, 2.24) is 0 Å². The van der Waals surface area contributed by atoms with Crippen molar-refractivity contribution in [2.45, 2.75) is 329 Å². The minimum Gasteiger partial charge on any atom is -0.462 e. The SMILES string of the molecule is CCCCCCC/C=C\C/C=C\CCCCCCCCCCCCCC(=O)OCC(COC(=O)CCCCCCCCCCCCCCC)OC(=O)CCCCCCC/C=C\CCCCCCC. The summed E-state index contributed by atoms with van der Waals surface area (Å²) in [4.78, 5) is 38.1. The Hall–Kier alpha value is -2.37. The van der Waals surface area contributed by atoms with Crippen LogP contribution >= 0.6 is 0 Å². The predicted molar refractivity (Wildman–Crippen MR) is 293 cm³/mol. The van der Waals surface area contributed by atoms with E-state index in [2.05, 4.69) is 57.2 Å². The monoisotopic (exact) mass is 955 g/mol. The van der Waals surface area contributed by atoms with Crippen molar-refractivity contribution >= 4 is 17.9 Å². The van der Waals surface area contributed by atoms with Crippen molar-refractivity contribution < 1.29 is 28.6 Å². The fourth-order valence-electron chi connectivity index (χ4n) is 8.82. The van der Waals surface area contributed by atoms with Gasteiger partial charge in [-0.3, -0.25) is 14.4 Å². The summed E-state index contributed by atoms with van der Waals surface area (Å²) in [6.45, 7) is 6.65. The van der Waals surface area contributed by atoms with Crippen LogP contribution in [-0.4, -0.2) is 37.2 Å². The number of hydrogen-bond donors (Lipinski definition) is 0. The molecule has 0 saturated carbocycles. The van der Waals surface area contributed by atoms with Gasteiger partial charge in [-0.05, 0) is 77.0 Å². The lowest BCUT2D eigenvalue weighted by Crippen LogP contribution is -2.30. The molecule has 0 saturated heterocycles. The lowest BCUT2D eigenvalue weighted by Gasteiger charge is -2.18. The molecule has 0 aliphatic rings. The molecular formula is C62H114O6. The molecule has 0 bridgehead atoms. The van der Waals surface area contributed by atoms with Crippen molar-refractivity contribution in [3.05, 3.63) is 36.5 Å². The third-order valence-corrected chi connectivity index (χ3v) is 13.4. The molecule has 0 aliphatic heterocycles. The molecule has 0 amide bonds. The Balaban J connectivity index is 4.27. The first kappa shape index (κ1) is 65.6. The van der Waals surface area contributed by atoms with Gasteiger partial charge in [-0.2, -0.15) is 0 Å². The summed E-state index contributed by atoms with van der Waals surface area (Å²) in [5.41, 5.74) is 0. The molecule has 0 aromatic heterocycles. The van der Waals surface area contributed by atoms with Gasteiger partial charge in [-0.15, -0.1) is 0 Å². The predicted octanol–water partition coefficient (Wildman–Crippen LogP) is 20.0. The third-order valence-electron chi connectivity index (χ3n) is 13.4. The molecule has 0 rings (SSSR count). The highest BCUT2D eigenvalue weighted by atomic mass is 16.6. The van der Waals surface area contributed by atoms with Gasteiger partial charge in [-0.1, -0.05) is 263 Å². The van der Waals surface area contributed by atoms with Crippen molar-refractivity contribution in [3.63, 3.8) is 0 Å². The first-order valence-electron chi connectivity index (χ1n) is 30.0. The van der Waals surface area contributed by atoms with Crippen LogP contribution in [0.15, 0.2) is 36.5 Å². The number of unbranched alkanes of at least 4 members (excludes halogenated alkanes) is 38. The molecule has 68 heavy (non-hydrogen) atoms. The molecule has 398 valence electrons. The molecule has 0 aliphatic carbocycles. The maximum absolute atomic E-state index is 12.8. The summed E-state index contributed by atoms with van der Waals surface area (Å²) < 4.78 is 16.9. The Morgan fingerprint density at radius 1 is 0.294 bits per heavy atom. The maximum atomic E-state index is 12.8. The Morgan fingerprint density at radius 3 is 0.824 bits per heavy atom. The largest absolute Gasteiger partial charge is 0.462 e. The molecule has 0 aromatic rings. The van der Waals surface area contributed by atoms with Gasteiger partial charge in [0.05, 0.1) is 0 Å². The molecule has 0 aromatic carbocycles. The molecule has 0 fully saturated rings. The topological polar surface area (TPSA) is 78.9 Å². The van der Waals surface area contributed by atoms with E-state index in [-0.39, 0.29) is 31.1 Å². The van der Waals surface area contributed by atoms with Crippen molar-refractivity contribution in [2.24, 2.45) is 0 Å². The highest BCUT2D eigenvalue weighted by molar-refractivity contribution is 5.71. The molecule has 0 spiro atoms. The van der Waals surface area contributed by atoms with Gasteiger partial charge in [0.25, 0.3) is 0 Å². The van der Waals surface area contributed by atoms with Crippen LogP contribution in [0.25, 0.3) is 0 Å². The zero-order valence-corrected chi connectivity index (χ0v) is 45.6. The average molecular weight is 956 g/mol. The summed E-state index contributed by atoms with van der Waals surface area (Å²) in [6.07, 6.45) is 68.5. The van der Waals surface area contributed by atoms with Crippen molar-refractivity contribution in [1.29, 1.82) is 0 Å². The number of ether oxygens (including phenoxy) is 3. The Labute approximate surface area is 423 Å². The molecule has 1 unspecified atom stereocenters. The summed E-state index contributed by atoms with van der Waals surface area (Å²) >= 11 is 0. The molecular weight excluding hydrogens is 841 g/mol. The number of hydrogen-bond acceptors (Lipinski definition) is 6. The van der Waals surface area contributed by atoms with Crippen LogP contribution in [0.4, 0.5) is 0 Å². The number of rotatable bonds is 55. The van der Waals surface area contributed by atoms with Crippen LogP contribution in [0.1, 0.15) is 323 Å². The highest BCUT2D eigenvalue weighted by Gasteiger charge is 2.19. The van der Waals surface area contributed by atoms with E-state index in [0.717, 1.165) is 70.6 Å². The van der Waals surface area contributed by atoms with E-state index in [0.29, 0.717) is 19.3 Å². The van der Waals surface area contributed by atoms with Gasteiger partial charge >= 0.3 is 17.9 Å². The third kappa shape index (κ3) is 54.6. The summed E-state index contributed by atoms with van der Waals surface area (Å²) in [7, 11) is 0. The highest BCUT2D eigenvalue weighted by Crippen LogP contribution is 2.16. The lowest BCUT2D eigenvalue weighted by atomic mass is 10.0. The smallest absolute Gasteiger partial charge is 0.306 e. The van der Waals surface area contributed by atoms with E-state index < -0.39 is 6.10 Å². The molecule has 6 heteroatoms. The summed E-state index contributed by atoms with van der Waals surface area (Å²) in [5, 5.41) is 0. The van der Waals surface area contributed by atoms with Gasteiger partial charge < -0.3 is 14.2 Å². The second-order valence-electron chi connectivity index (χ2n) is 20.3. The molecule has 6 nitrogen and oxygen atoms in total. The zero-order chi connectivity index (χ0) is 49.3. The number of esters is 3. The Bertz CT molecular complexity index is 1140. The average Bonchev–Trinajstić information content (AvgIpc) is 3.34. The summed E-state index contributed by atoms with van der Waals surface area (Å²) in [6, 6.07) is 0. The van der Waals surface area contributed by atoms with Crippen molar-refractivity contribution in [3.8, 4) is 0 Å². The minimum atomic E-state index is -0.774. The van der Waals surface area contributed by atoms with Crippen LogP contribution in [0.3, 0.4) is 0 Å². The lowest BCUT2D eigenvalue weighted by molar-refractivity contribution is -0.167. The molecule has 0 heterocycles. The molecule has 0 radical (unpaired) electrons. The van der Waals surface area contributed by atoms with E-state index in [1.54, 1.807) is 0 Å². The van der Waals surface area contributed by atoms with Crippen LogP contribution < -0.4 is 0 Å². The van der Waals surface area contributed by atoms with Crippen LogP contribution in [-0.2, 0) is 28.6 Å². The van der Waals surface area contributed by atoms with E-state index in [9.17, 15) is 14.4 Å². The molecule has 1 atom stereocenters. The second kappa shape index (κ2) is 57.2. The van der Waals surface area contributed by atoms with Crippen LogP contribution in [0.5, 0.6) is 0 Å². The van der Waals surface area contributed by atoms with Crippen LogP contribution in [0.2, 0.25) is 0 Å². The van der Waals surface area contributed by atoms with E-state index >= 15 is 0 Å². The second-order valence-corrected chi connectivity index (χ2v) is 20.3. The fraction of sp³-hybridized carbons (Fsp3) is 0.855. The number of allylic oxidation sites excluding steroid dienone is 6. The minimum absolute atomic E-state index is 0.0721. The van der Waals surface area contributed by atoms with Gasteiger partial charge in [-0.25, -0.2) is 0 Å². The summed E-state index contributed by atoms with van der Waals surface area (Å²) in [5.74, 6) is -0.865. The number of carbonyl (C=O) groups excluding carboxylic acids is 3. The van der Waals surface area contributed by atoms with Crippen LogP contribution in [0, 0.1) is 0 Å². The molecule has 0 N–H and O–H groups in total. The normalized spacial score (nSPS) is 12.2. The van der Waals surface area contributed by atoms with Gasteiger partial charge in [0.1, 0.15) is 13.2 Å². The standard InChI is InChI=1S/C62H114O6/c1-4-7-10-13-16-19-22-25-27-28-29-30-31-32-33-34-35-38-40-43-46-49-52-55-61(64)67-58-59(57-66-60(63)54-51-48-45-42-39-36-24-21-18-15-12-9-6-3)68-62(65)56-53-50-47-44-41-37-26-23-20-17-14-11-8-5-2/h22-23,25-26,28-29,59H,4-21,24,27,30-58H2,1-3H3/b25-22-,26-23-,29-28-. The van der Waals surface area contributed by atoms with Crippen molar-refractivity contribution in [2.75, 3.05) is 13.2 Å². The van der Waals surface area contributed by atoms with E-state index in [4.69, 9.17) is 14.2 Å². The quantitative estimate of drug-likeness (QED) is 0.0262. The van der Waals surface area contributed by atoms with E-state index in [1.807, 2.05) is 0 Å². The van der Waals surface area contributed by atoms with E-state index in [1.165, 1.54) is 212 Å².